The van der Waals surface area contributed by atoms with E-state index in [4.69, 9.17) is 5.73 Å². The van der Waals surface area contributed by atoms with Gasteiger partial charge in [-0.05, 0) is 136 Å². The van der Waals surface area contributed by atoms with Crippen molar-refractivity contribution in [3.8, 4) is 22.5 Å². The van der Waals surface area contributed by atoms with Gasteiger partial charge in [-0.2, -0.15) is 5.21 Å². The molecule has 6 N–H and O–H groups in total. The molecule has 1 atom stereocenters. The Morgan fingerprint density at radius 2 is 1.60 bits per heavy atom. The number of H-pyrrole nitrogens is 1. The number of carbonyl (C=O) groups is 3. The second-order valence-corrected chi connectivity index (χ2v) is 14.6. The Balaban J connectivity index is 1.11. The third-order valence-corrected chi connectivity index (χ3v) is 10.7. The number of piperidine rings is 1. The van der Waals surface area contributed by atoms with Gasteiger partial charge in [-0.3, -0.25) is 14.4 Å². The second kappa shape index (κ2) is 17.1. The van der Waals surface area contributed by atoms with Crippen molar-refractivity contribution in [2.75, 3.05) is 25.0 Å². The number of nitrogens with zero attached hydrogens (tertiary/aromatic N) is 4. The Bertz CT molecular complexity index is 1790. The van der Waals surface area contributed by atoms with Crippen molar-refractivity contribution in [2.45, 2.75) is 83.8 Å². The van der Waals surface area contributed by atoms with Gasteiger partial charge >= 0.3 is 0 Å². The molecular formula is C40H51N9O3. The summed E-state index contributed by atoms with van der Waals surface area (Å²) in [6.07, 6.45) is 5.63. The fraction of sp³-hybridized carbons (Fsp3) is 0.450. The number of tetrazole rings is 1. The molecule has 0 unspecified atom stereocenters. The predicted octanol–water partition coefficient (Wildman–Crippen LogP) is 4.88. The number of aromatic nitrogens is 4. The fourth-order valence-corrected chi connectivity index (χ4v) is 7.39. The minimum Gasteiger partial charge on any atom is -0.349 e. The van der Waals surface area contributed by atoms with E-state index in [1.807, 2.05) is 49.4 Å². The summed E-state index contributed by atoms with van der Waals surface area (Å²) in [4.78, 5) is 42.7. The van der Waals surface area contributed by atoms with Gasteiger partial charge in [-0.25, -0.2) is 0 Å². The normalized spacial score (nSPS) is 18.9. The molecule has 0 spiro atoms. The van der Waals surface area contributed by atoms with Crippen LogP contribution in [0.5, 0.6) is 0 Å². The van der Waals surface area contributed by atoms with Crippen LogP contribution in [0, 0.1) is 18.8 Å². The van der Waals surface area contributed by atoms with Crippen molar-refractivity contribution in [1.29, 1.82) is 0 Å². The number of hydrogen-bond acceptors (Lipinski definition) is 8. The molecule has 4 aromatic rings. The molecular weight excluding hydrogens is 654 g/mol. The summed E-state index contributed by atoms with van der Waals surface area (Å²) in [5, 5.41) is 23.3. The van der Waals surface area contributed by atoms with Crippen LogP contribution in [-0.4, -0.2) is 81.0 Å². The van der Waals surface area contributed by atoms with Crippen LogP contribution in [0.25, 0.3) is 22.5 Å². The lowest BCUT2D eigenvalue weighted by Gasteiger charge is -2.34. The van der Waals surface area contributed by atoms with E-state index in [1.54, 1.807) is 24.3 Å². The van der Waals surface area contributed by atoms with Crippen molar-refractivity contribution in [3.05, 3.63) is 83.4 Å². The van der Waals surface area contributed by atoms with Crippen LogP contribution >= 0.6 is 0 Å². The summed E-state index contributed by atoms with van der Waals surface area (Å²) in [5.41, 5.74) is 11.9. The van der Waals surface area contributed by atoms with Gasteiger partial charge < -0.3 is 26.6 Å². The van der Waals surface area contributed by atoms with E-state index in [9.17, 15) is 14.4 Å². The van der Waals surface area contributed by atoms with Crippen LogP contribution in [-0.2, 0) is 16.0 Å². The standard InChI is InChI=1S/C40H51N9O3/c1-25(2)49-20-18-34(19-21-49)42-39(51)32-14-17-35(26(3)22-32)29-8-4-27(5-9-29)23-36(44-38(50)31-10-6-28(24-41)7-11-31)40(52)43-33-15-12-30(13-16-33)37-45-47-48-46-37/h4-5,8-9,12-17,22,25,28,31,34,36H,6-7,10-11,18-21,23-24,41H2,1-3H3,(H,42,51)(H,43,52)(H,44,50)(H,45,46,47,48)/t28?,31?,36-/m0/s1. The highest BCUT2D eigenvalue weighted by Gasteiger charge is 2.30. The van der Waals surface area contributed by atoms with Crippen LogP contribution in [0.2, 0.25) is 0 Å². The van der Waals surface area contributed by atoms with Gasteiger partial charge in [0.2, 0.25) is 17.6 Å². The first kappa shape index (κ1) is 36.8. The lowest BCUT2D eigenvalue weighted by molar-refractivity contribution is -0.130. The molecule has 1 aromatic heterocycles. The van der Waals surface area contributed by atoms with E-state index >= 15 is 0 Å². The molecule has 1 saturated carbocycles. The molecule has 0 bridgehead atoms. The Hall–Kier alpha value is -4.94. The zero-order valence-electron chi connectivity index (χ0n) is 30.4. The molecule has 52 heavy (non-hydrogen) atoms. The number of amides is 3. The highest BCUT2D eigenvalue weighted by Crippen LogP contribution is 2.29. The highest BCUT2D eigenvalue weighted by molar-refractivity contribution is 5.98. The van der Waals surface area contributed by atoms with Gasteiger partial charge in [0.15, 0.2) is 0 Å². The topological polar surface area (TPSA) is 171 Å². The van der Waals surface area contributed by atoms with Gasteiger partial charge in [0.05, 0.1) is 0 Å². The van der Waals surface area contributed by atoms with E-state index in [0.29, 0.717) is 42.0 Å². The van der Waals surface area contributed by atoms with Gasteiger partial charge in [0.25, 0.3) is 5.91 Å². The van der Waals surface area contributed by atoms with Crippen LogP contribution in [0.4, 0.5) is 5.69 Å². The molecule has 3 amide bonds. The van der Waals surface area contributed by atoms with Crippen molar-refractivity contribution >= 4 is 23.4 Å². The summed E-state index contributed by atoms with van der Waals surface area (Å²) >= 11 is 0. The molecule has 1 aliphatic carbocycles. The molecule has 12 heteroatoms. The van der Waals surface area contributed by atoms with Crippen molar-refractivity contribution < 1.29 is 14.4 Å². The molecule has 2 heterocycles. The van der Waals surface area contributed by atoms with Gasteiger partial charge in [-0.15, -0.1) is 10.2 Å². The lowest BCUT2D eigenvalue weighted by Crippen LogP contribution is -2.48. The monoisotopic (exact) mass is 705 g/mol. The Kier molecular flexibility index (Phi) is 12.1. The maximum absolute atomic E-state index is 13.7. The number of anilines is 1. The number of nitrogens with one attached hydrogen (secondary N) is 4. The summed E-state index contributed by atoms with van der Waals surface area (Å²) in [6.45, 7) is 9.09. The van der Waals surface area contributed by atoms with Crippen LogP contribution < -0.4 is 21.7 Å². The average Bonchev–Trinajstić information content (AvgIpc) is 3.71. The Morgan fingerprint density at radius 1 is 0.904 bits per heavy atom. The fourth-order valence-electron chi connectivity index (χ4n) is 7.39. The van der Waals surface area contributed by atoms with E-state index in [1.165, 1.54) is 0 Å². The molecule has 3 aromatic carbocycles. The molecule has 1 saturated heterocycles. The summed E-state index contributed by atoms with van der Waals surface area (Å²) in [6, 6.07) is 21.0. The van der Waals surface area contributed by atoms with Crippen molar-refractivity contribution in [3.63, 3.8) is 0 Å². The minimum absolute atomic E-state index is 0.0327. The molecule has 6 rings (SSSR count). The zero-order valence-corrected chi connectivity index (χ0v) is 30.4. The average molecular weight is 706 g/mol. The smallest absolute Gasteiger partial charge is 0.251 e. The number of carbonyl (C=O) groups excluding carboxylic acids is 3. The number of aryl methyl sites for hydroxylation is 1. The number of nitrogens with two attached hydrogens (primary N) is 1. The molecule has 2 aliphatic rings. The zero-order chi connectivity index (χ0) is 36.6. The summed E-state index contributed by atoms with van der Waals surface area (Å²) in [5.74, 6) is 0.346. The minimum atomic E-state index is -0.778. The predicted molar refractivity (Wildman–Crippen MR) is 202 cm³/mol. The molecule has 12 nitrogen and oxygen atoms in total. The number of benzene rings is 3. The van der Waals surface area contributed by atoms with E-state index in [2.05, 4.69) is 55.3 Å². The molecule has 2 fully saturated rings. The van der Waals surface area contributed by atoms with E-state index in [0.717, 1.165) is 79.4 Å². The van der Waals surface area contributed by atoms with Gasteiger partial charge in [0.1, 0.15) is 6.04 Å². The molecule has 274 valence electrons. The second-order valence-electron chi connectivity index (χ2n) is 14.6. The van der Waals surface area contributed by atoms with Crippen LogP contribution in [0.1, 0.15) is 73.9 Å². The maximum Gasteiger partial charge on any atom is 0.251 e. The summed E-state index contributed by atoms with van der Waals surface area (Å²) < 4.78 is 0. The number of likely N-dealkylation sites (tertiary alicyclic amines) is 1. The SMILES string of the molecule is Cc1cc(C(=O)NC2CCN(C(C)C)CC2)ccc1-c1ccc(C[C@H](NC(=O)C2CCC(CN)CC2)C(=O)Nc2ccc(-c3nn[nH]n3)cc2)cc1. The number of rotatable bonds is 12. The first-order chi connectivity index (χ1) is 25.2. The van der Waals surface area contributed by atoms with Crippen LogP contribution in [0.15, 0.2) is 66.7 Å². The van der Waals surface area contributed by atoms with Crippen molar-refractivity contribution in [2.24, 2.45) is 17.6 Å². The first-order valence-corrected chi connectivity index (χ1v) is 18.6. The third kappa shape index (κ3) is 9.29. The Labute approximate surface area is 305 Å². The lowest BCUT2D eigenvalue weighted by atomic mass is 9.81. The molecule has 0 radical (unpaired) electrons. The van der Waals surface area contributed by atoms with Crippen molar-refractivity contribution in [1.82, 2.24) is 36.2 Å². The van der Waals surface area contributed by atoms with E-state index < -0.39 is 6.04 Å². The third-order valence-electron chi connectivity index (χ3n) is 10.7. The number of hydrogen-bond donors (Lipinski definition) is 5. The quantitative estimate of drug-likeness (QED) is 0.139. The first-order valence-electron chi connectivity index (χ1n) is 18.6. The van der Waals surface area contributed by atoms with Crippen LogP contribution in [0.3, 0.4) is 0 Å². The van der Waals surface area contributed by atoms with E-state index in [-0.39, 0.29) is 29.7 Å². The number of aromatic amines is 1. The van der Waals surface area contributed by atoms with Gasteiger partial charge in [0, 0.05) is 54.3 Å². The summed E-state index contributed by atoms with van der Waals surface area (Å²) in [7, 11) is 0. The highest BCUT2D eigenvalue weighted by atomic mass is 16.2. The Morgan fingerprint density at radius 3 is 2.21 bits per heavy atom. The molecule has 1 aliphatic heterocycles. The van der Waals surface area contributed by atoms with Gasteiger partial charge in [-0.1, -0.05) is 30.3 Å². The largest absolute Gasteiger partial charge is 0.349 e. The maximum atomic E-state index is 13.7.